The van der Waals surface area contributed by atoms with Gasteiger partial charge in [0.25, 0.3) is 0 Å². The Morgan fingerprint density at radius 2 is 1.70 bits per heavy atom. The van der Waals surface area contributed by atoms with Gasteiger partial charge in [-0.3, -0.25) is 0 Å². The molecule has 0 spiro atoms. The third kappa shape index (κ3) is 1.51. The Morgan fingerprint density at radius 3 is 2.20 bits per heavy atom. The molecule has 2 rings (SSSR count). The smallest absolute Gasteiger partial charge is 0.00722 e. The Bertz CT molecular complexity index is 118. The molecule has 0 aromatic heterocycles. The molecule has 2 unspecified atom stereocenters. The van der Waals surface area contributed by atoms with Crippen LogP contribution in [0, 0.1) is 5.92 Å². The Hall–Kier alpha value is -0.0400. The van der Waals surface area contributed by atoms with Crippen molar-refractivity contribution < 1.29 is 0 Å². The summed E-state index contributed by atoms with van der Waals surface area (Å²) in [6, 6.07) is 1.79. The van der Waals surface area contributed by atoms with E-state index in [0.29, 0.717) is 0 Å². The molecule has 2 saturated carbocycles. The normalized spacial score (nSPS) is 40.5. The summed E-state index contributed by atoms with van der Waals surface area (Å²) in [5, 5.41) is 3.68. The van der Waals surface area contributed by atoms with Crippen LogP contribution in [0.15, 0.2) is 0 Å². The first-order valence-electron chi connectivity index (χ1n) is 4.60. The van der Waals surface area contributed by atoms with Crippen LogP contribution in [0.25, 0.3) is 0 Å². The molecule has 2 fully saturated rings. The molecule has 1 nitrogen and oxygen atoms in total. The standard InChI is InChI=1S/C9H17N/c1-7-2-3-9(6-7)10-8-4-5-8/h7-10H,2-6H2,1H3. The van der Waals surface area contributed by atoms with Crippen molar-refractivity contribution in [3.05, 3.63) is 0 Å². The molecular weight excluding hydrogens is 122 g/mol. The molecular formula is C9H17N. The summed E-state index contributed by atoms with van der Waals surface area (Å²) in [5.41, 5.74) is 0. The molecule has 0 saturated heterocycles. The van der Waals surface area contributed by atoms with Crippen LogP contribution in [-0.2, 0) is 0 Å². The van der Waals surface area contributed by atoms with Crippen molar-refractivity contribution in [2.75, 3.05) is 0 Å². The molecule has 0 heterocycles. The second-order valence-corrected chi connectivity index (χ2v) is 4.06. The van der Waals surface area contributed by atoms with E-state index in [4.69, 9.17) is 0 Å². The van der Waals surface area contributed by atoms with Gasteiger partial charge in [0.2, 0.25) is 0 Å². The minimum Gasteiger partial charge on any atom is -0.311 e. The zero-order valence-corrected chi connectivity index (χ0v) is 6.77. The quantitative estimate of drug-likeness (QED) is 0.616. The van der Waals surface area contributed by atoms with E-state index in [1.165, 1.54) is 32.1 Å². The third-order valence-electron chi connectivity index (χ3n) is 2.74. The van der Waals surface area contributed by atoms with Crippen LogP contribution in [0.5, 0.6) is 0 Å². The molecule has 2 atom stereocenters. The Kier molecular flexibility index (Phi) is 1.69. The van der Waals surface area contributed by atoms with Crippen LogP contribution >= 0.6 is 0 Å². The van der Waals surface area contributed by atoms with Gasteiger partial charge < -0.3 is 5.32 Å². The molecule has 0 radical (unpaired) electrons. The van der Waals surface area contributed by atoms with Gasteiger partial charge >= 0.3 is 0 Å². The second-order valence-electron chi connectivity index (χ2n) is 4.06. The minimum absolute atomic E-state index is 0.877. The molecule has 2 aliphatic carbocycles. The molecule has 0 aliphatic heterocycles. The first kappa shape index (κ1) is 6.66. The van der Waals surface area contributed by atoms with Gasteiger partial charge in [-0.1, -0.05) is 6.92 Å². The van der Waals surface area contributed by atoms with Crippen LogP contribution in [0.3, 0.4) is 0 Å². The average Bonchev–Trinajstić information content (AvgIpc) is 2.59. The van der Waals surface area contributed by atoms with Crippen molar-refractivity contribution in [3.63, 3.8) is 0 Å². The van der Waals surface area contributed by atoms with Crippen molar-refractivity contribution in [1.29, 1.82) is 0 Å². The average molecular weight is 139 g/mol. The maximum atomic E-state index is 3.68. The van der Waals surface area contributed by atoms with Gasteiger partial charge in [-0.15, -0.1) is 0 Å². The maximum absolute atomic E-state index is 3.68. The lowest BCUT2D eigenvalue weighted by Crippen LogP contribution is -2.28. The highest BCUT2D eigenvalue weighted by Crippen LogP contribution is 2.28. The topological polar surface area (TPSA) is 12.0 Å². The number of rotatable bonds is 2. The van der Waals surface area contributed by atoms with Gasteiger partial charge in [0.1, 0.15) is 0 Å². The van der Waals surface area contributed by atoms with E-state index in [9.17, 15) is 0 Å². The highest BCUT2D eigenvalue weighted by molar-refractivity contribution is 4.88. The van der Waals surface area contributed by atoms with Gasteiger partial charge in [0.15, 0.2) is 0 Å². The summed E-state index contributed by atoms with van der Waals surface area (Å²) < 4.78 is 0. The van der Waals surface area contributed by atoms with E-state index >= 15 is 0 Å². The van der Waals surface area contributed by atoms with Crippen LogP contribution < -0.4 is 5.32 Å². The van der Waals surface area contributed by atoms with Gasteiger partial charge in [0, 0.05) is 12.1 Å². The van der Waals surface area contributed by atoms with E-state index in [-0.39, 0.29) is 0 Å². The second kappa shape index (κ2) is 2.54. The van der Waals surface area contributed by atoms with Gasteiger partial charge in [0.05, 0.1) is 0 Å². The Morgan fingerprint density at radius 1 is 1.00 bits per heavy atom. The van der Waals surface area contributed by atoms with Crippen molar-refractivity contribution in [3.8, 4) is 0 Å². The number of hydrogen-bond acceptors (Lipinski definition) is 1. The summed E-state index contributed by atoms with van der Waals surface area (Å²) in [6.07, 6.45) is 7.17. The van der Waals surface area contributed by atoms with Crippen molar-refractivity contribution in [1.82, 2.24) is 5.32 Å². The van der Waals surface area contributed by atoms with Crippen LogP contribution in [0.4, 0.5) is 0 Å². The molecule has 0 amide bonds. The summed E-state index contributed by atoms with van der Waals surface area (Å²) in [5.74, 6) is 0.983. The zero-order chi connectivity index (χ0) is 6.97. The SMILES string of the molecule is CC1CCC(NC2CC2)C1. The molecule has 1 heteroatoms. The molecule has 0 aromatic rings. The lowest BCUT2D eigenvalue weighted by atomic mass is 10.1. The third-order valence-corrected chi connectivity index (χ3v) is 2.74. The zero-order valence-electron chi connectivity index (χ0n) is 6.77. The van der Waals surface area contributed by atoms with Crippen LogP contribution in [0.2, 0.25) is 0 Å². The van der Waals surface area contributed by atoms with Gasteiger partial charge in [-0.05, 0) is 38.0 Å². The van der Waals surface area contributed by atoms with Crippen LogP contribution in [0.1, 0.15) is 39.0 Å². The predicted molar refractivity (Wildman–Crippen MR) is 43.0 cm³/mol. The van der Waals surface area contributed by atoms with E-state index in [2.05, 4.69) is 12.2 Å². The fourth-order valence-electron chi connectivity index (χ4n) is 1.94. The molecule has 2 aliphatic rings. The van der Waals surface area contributed by atoms with Crippen LogP contribution in [-0.4, -0.2) is 12.1 Å². The van der Waals surface area contributed by atoms with E-state index < -0.39 is 0 Å². The van der Waals surface area contributed by atoms with E-state index in [1.807, 2.05) is 0 Å². The summed E-state index contributed by atoms with van der Waals surface area (Å²) in [4.78, 5) is 0. The summed E-state index contributed by atoms with van der Waals surface area (Å²) in [6.45, 7) is 2.37. The molecule has 1 N–H and O–H groups in total. The number of hydrogen-bond donors (Lipinski definition) is 1. The van der Waals surface area contributed by atoms with Crippen molar-refractivity contribution >= 4 is 0 Å². The summed E-state index contributed by atoms with van der Waals surface area (Å²) in [7, 11) is 0. The van der Waals surface area contributed by atoms with E-state index in [0.717, 1.165) is 18.0 Å². The molecule has 10 heavy (non-hydrogen) atoms. The minimum atomic E-state index is 0.877. The fourth-order valence-corrected chi connectivity index (χ4v) is 1.94. The number of nitrogens with one attached hydrogen (secondary N) is 1. The van der Waals surface area contributed by atoms with Gasteiger partial charge in [-0.25, -0.2) is 0 Å². The summed E-state index contributed by atoms with van der Waals surface area (Å²) >= 11 is 0. The molecule has 58 valence electrons. The highest BCUT2D eigenvalue weighted by Gasteiger charge is 2.28. The Labute approximate surface area is 63.2 Å². The molecule has 0 aromatic carbocycles. The van der Waals surface area contributed by atoms with Gasteiger partial charge in [-0.2, -0.15) is 0 Å². The largest absolute Gasteiger partial charge is 0.311 e. The van der Waals surface area contributed by atoms with Crippen molar-refractivity contribution in [2.45, 2.75) is 51.1 Å². The predicted octanol–water partition coefficient (Wildman–Crippen LogP) is 1.93. The highest BCUT2D eigenvalue weighted by atomic mass is 15.0. The lowest BCUT2D eigenvalue weighted by Gasteiger charge is -2.10. The van der Waals surface area contributed by atoms with Crippen molar-refractivity contribution in [2.24, 2.45) is 5.92 Å². The first-order chi connectivity index (χ1) is 4.84. The first-order valence-corrected chi connectivity index (χ1v) is 4.60. The maximum Gasteiger partial charge on any atom is 0.00722 e. The monoisotopic (exact) mass is 139 g/mol. The Balaban J connectivity index is 1.72. The molecule has 0 bridgehead atoms. The van der Waals surface area contributed by atoms with E-state index in [1.54, 1.807) is 0 Å². The fraction of sp³-hybridized carbons (Fsp3) is 1.00. The lowest BCUT2D eigenvalue weighted by molar-refractivity contribution is 0.500.